The predicted octanol–water partition coefficient (Wildman–Crippen LogP) is 0.962. The molecule has 7 nitrogen and oxygen atoms in total. The molecule has 3 heterocycles. The quantitative estimate of drug-likeness (QED) is 0.571. The molecule has 0 bridgehead atoms. The molecule has 2 aliphatic heterocycles. The summed E-state index contributed by atoms with van der Waals surface area (Å²) in [6.45, 7) is 4.36. The highest BCUT2D eigenvalue weighted by molar-refractivity contribution is 5.94. The first-order chi connectivity index (χ1) is 13.7. The second-order valence-electron chi connectivity index (χ2n) is 7.60. The Morgan fingerprint density at radius 1 is 1.29 bits per heavy atom. The van der Waals surface area contributed by atoms with Gasteiger partial charge >= 0.3 is 0 Å². The van der Waals surface area contributed by atoms with Crippen LogP contribution < -0.4 is 16.0 Å². The summed E-state index contributed by atoms with van der Waals surface area (Å²) in [7, 11) is 0. The number of benzene rings is 1. The van der Waals surface area contributed by atoms with E-state index in [1.807, 2.05) is 18.2 Å². The van der Waals surface area contributed by atoms with E-state index in [0.29, 0.717) is 18.2 Å². The van der Waals surface area contributed by atoms with Gasteiger partial charge in [0.25, 0.3) is 5.91 Å². The molecule has 148 valence electrons. The lowest BCUT2D eigenvalue weighted by Crippen LogP contribution is -2.38. The van der Waals surface area contributed by atoms with Gasteiger partial charge in [-0.25, -0.2) is 0 Å². The highest BCUT2D eigenvalue weighted by atomic mass is 16.3. The predicted molar refractivity (Wildman–Crippen MR) is 108 cm³/mol. The second kappa shape index (κ2) is 8.68. The van der Waals surface area contributed by atoms with Gasteiger partial charge in [-0.3, -0.25) is 14.7 Å². The summed E-state index contributed by atoms with van der Waals surface area (Å²) >= 11 is 0. The Bertz CT molecular complexity index is 797. The van der Waals surface area contributed by atoms with Crippen LogP contribution in [0, 0.1) is 0 Å². The number of rotatable bonds is 7. The maximum atomic E-state index is 12.4. The third kappa shape index (κ3) is 4.67. The highest BCUT2D eigenvalue weighted by Gasteiger charge is 2.21. The molecule has 0 radical (unpaired) electrons. The van der Waals surface area contributed by atoms with Crippen LogP contribution in [0.3, 0.4) is 0 Å². The third-order valence-corrected chi connectivity index (χ3v) is 5.31. The van der Waals surface area contributed by atoms with E-state index in [9.17, 15) is 9.90 Å². The first-order valence-electron chi connectivity index (χ1n) is 9.85. The van der Waals surface area contributed by atoms with Crippen LogP contribution in [0.1, 0.15) is 27.9 Å². The number of carbonyl (C=O) groups is 1. The fourth-order valence-corrected chi connectivity index (χ4v) is 3.86. The largest absolute Gasteiger partial charge is 0.390 e. The number of aliphatic hydroxyl groups is 1. The van der Waals surface area contributed by atoms with Crippen molar-refractivity contribution < 1.29 is 9.90 Å². The van der Waals surface area contributed by atoms with E-state index in [4.69, 9.17) is 0 Å². The number of aliphatic hydroxyl groups excluding tert-OH is 1. The van der Waals surface area contributed by atoms with Crippen molar-refractivity contribution in [2.24, 2.45) is 0 Å². The number of hydrogen-bond donors (Lipinski definition) is 4. The minimum absolute atomic E-state index is 0.218. The maximum absolute atomic E-state index is 12.4. The first kappa shape index (κ1) is 18.9. The van der Waals surface area contributed by atoms with E-state index >= 15 is 0 Å². The molecule has 7 heteroatoms. The van der Waals surface area contributed by atoms with E-state index in [-0.39, 0.29) is 12.5 Å². The highest BCUT2D eigenvalue weighted by Crippen LogP contribution is 2.22. The van der Waals surface area contributed by atoms with Crippen molar-refractivity contribution in [2.75, 3.05) is 31.5 Å². The van der Waals surface area contributed by atoms with Crippen LogP contribution >= 0.6 is 0 Å². The van der Waals surface area contributed by atoms with E-state index in [1.54, 1.807) is 12.4 Å². The smallest absolute Gasteiger partial charge is 0.253 e. The summed E-state index contributed by atoms with van der Waals surface area (Å²) in [5.74, 6) is -0.218. The van der Waals surface area contributed by atoms with Crippen LogP contribution in [-0.2, 0) is 13.1 Å². The Morgan fingerprint density at radius 3 is 2.79 bits per heavy atom. The number of amides is 1. The zero-order valence-corrected chi connectivity index (χ0v) is 15.9. The van der Waals surface area contributed by atoms with Gasteiger partial charge in [0.2, 0.25) is 0 Å². The lowest BCUT2D eigenvalue weighted by atomic mass is 10.1. The third-order valence-electron chi connectivity index (χ3n) is 5.31. The Hall–Kier alpha value is -2.48. The van der Waals surface area contributed by atoms with E-state index in [0.717, 1.165) is 38.3 Å². The van der Waals surface area contributed by atoms with Crippen molar-refractivity contribution in [3.8, 4) is 0 Å². The van der Waals surface area contributed by atoms with Gasteiger partial charge in [-0.2, -0.15) is 0 Å². The molecule has 2 aromatic rings. The average molecular weight is 381 g/mol. The summed E-state index contributed by atoms with van der Waals surface area (Å²) in [5, 5.41) is 19.9. The normalized spacial score (nSPS) is 20.0. The van der Waals surface area contributed by atoms with Crippen molar-refractivity contribution in [1.29, 1.82) is 0 Å². The fraction of sp³-hybridized carbons (Fsp3) is 0.429. The van der Waals surface area contributed by atoms with Gasteiger partial charge in [-0.05, 0) is 30.2 Å². The molecule has 1 saturated heterocycles. The maximum Gasteiger partial charge on any atom is 0.253 e. The Labute approximate surface area is 165 Å². The number of nitrogens with one attached hydrogen (secondary N) is 3. The molecule has 2 aliphatic rings. The zero-order chi connectivity index (χ0) is 19.3. The van der Waals surface area contributed by atoms with Crippen molar-refractivity contribution in [3.05, 3.63) is 59.4 Å². The number of fused-ring (bicyclic) bond motifs is 1. The molecule has 1 aromatic heterocycles. The molecule has 2 atom stereocenters. The molecule has 28 heavy (non-hydrogen) atoms. The van der Waals surface area contributed by atoms with Gasteiger partial charge in [0, 0.05) is 51.2 Å². The molecule has 0 saturated carbocycles. The van der Waals surface area contributed by atoms with Gasteiger partial charge in [0.1, 0.15) is 0 Å². The van der Waals surface area contributed by atoms with Crippen LogP contribution in [0.15, 0.2) is 42.7 Å². The number of carbonyl (C=O) groups excluding carboxylic acids is 1. The van der Waals surface area contributed by atoms with Crippen LogP contribution in [0.5, 0.6) is 0 Å². The summed E-state index contributed by atoms with van der Waals surface area (Å²) in [4.78, 5) is 18.8. The SMILES string of the molecule is O=C(NCC(O)CN1Cc2ccccc2C1)c1cncc(NC2CCNC2)c1. The van der Waals surface area contributed by atoms with Crippen LogP contribution in [0.4, 0.5) is 5.69 Å². The van der Waals surface area contributed by atoms with Crippen molar-refractivity contribution >= 4 is 11.6 Å². The van der Waals surface area contributed by atoms with Gasteiger partial charge in [0.05, 0.1) is 17.4 Å². The topological polar surface area (TPSA) is 89.5 Å². The molecule has 4 rings (SSSR count). The number of hydrogen-bond acceptors (Lipinski definition) is 6. The summed E-state index contributed by atoms with van der Waals surface area (Å²) < 4.78 is 0. The van der Waals surface area contributed by atoms with Crippen LogP contribution in [-0.4, -0.2) is 59.2 Å². The lowest BCUT2D eigenvalue weighted by molar-refractivity contribution is 0.0855. The number of β-amino-alcohol motifs (C(OH)–C–C–N with tert-alkyl or cyclic N) is 1. The first-order valence-corrected chi connectivity index (χ1v) is 9.85. The van der Waals surface area contributed by atoms with Gasteiger partial charge < -0.3 is 21.1 Å². The molecule has 1 aromatic carbocycles. The Morgan fingerprint density at radius 2 is 2.07 bits per heavy atom. The van der Waals surface area contributed by atoms with Gasteiger partial charge in [0.15, 0.2) is 0 Å². The Kier molecular flexibility index (Phi) is 5.85. The standard InChI is InChI=1S/C21H27N5O2/c27-20(14-26-12-15-3-1-2-4-16(15)13-26)11-24-21(28)17-7-19(10-23-8-17)25-18-5-6-22-9-18/h1-4,7-8,10,18,20,22,25,27H,5-6,9,11-14H2,(H,24,28). The van der Waals surface area contributed by atoms with E-state index < -0.39 is 6.10 Å². The fourth-order valence-electron chi connectivity index (χ4n) is 3.86. The molecule has 1 fully saturated rings. The molecule has 4 N–H and O–H groups in total. The number of pyridine rings is 1. The number of nitrogens with zero attached hydrogens (tertiary/aromatic N) is 2. The van der Waals surface area contributed by atoms with Crippen molar-refractivity contribution in [2.45, 2.75) is 31.7 Å². The number of anilines is 1. The molecule has 0 aliphatic carbocycles. The monoisotopic (exact) mass is 381 g/mol. The van der Waals surface area contributed by atoms with Crippen molar-refractivity contribution in [3.63, 3.8) is 0 Å². The van der Waals surface area contributed by atoms with E-state index in [1.165, 1.54) is 11.1 Å². The Balaban J connectivity index is 1.25. The van der Waals surface area contributed by atoms with E-state index in [2.05, 4.69) is 38.0 Å². The van der Waals surface area contributed by atoms with Gasteiger partial charge in [-0.1, -0.05) is 24.3 Å². The van der Waals surface area contributed by atoms with Crippen LogP contribution in [0.25, 0.3) is 0 Å². The van der Waals surface area contributed by atoms with Crippen molar-refractivity contribution in [1.82, 2.24) is 20.5 Å². The summed E-state index contributed by atoms with van der Waals surface area (Å²) in [5.41, 5.74) is 3.96. The lowest BCUT2D eigenvalue weighted by Gasteiger charge is -2.20. The minimum atomic E-state index is -0.614. The molecule has 0 spiro atoms. The van der Waals surface area contributed by atoms with Crippen LogP contribution in [0.2, 0.25) is 0 Å². The summed E-state index contributed by atoms with van der Waals surface area (Å²) in [6.07, 6.45) is 3.73. The minimum Gasteiger partial charge on any atom is -0.390 e. The zero-order valence-electron chi connectivity index (χ0n) is 15.9. The molecular formula is C21H27N5O2. The average Bonchev–Trinajstić information content (AvgIpc) is 3.35. The second-order valence-corrected chi connectivity index (χ2v) is 7.60. The molecule has 2 unspecified atom stereocenters. The van der Waals surface area contributed by atoms with Gasteiger partial charge in [-0.15, -0.1) is 0 Å². The molecular weight excluding hydrogens is 354 g/mol. The summed E-state index contributed by atoms with van der Waals surface area (Å²) in [6, 6.07) is 10.5. The molecule has 1 amide bonds. The number of aromatic nitrogens is 1.